The van der Waals surface area contributed by atoms with Crippen molar-refractivity contribution in [1.82, 2.24) is 10.6 Å². The minimum absolute atomic E-state index is 0.177. The molecule has 1 aliphatic heterocycles. The Bertz CT molecular complexity index is 318. The molecule has 0 bridgehead atoms. The Hall–Kier alpha value is -0.870. The minimum atomic E-state index is 0.177. The second-order valence-electron chi connectivity index (χ2n) is 4.18. The minimum Gasteiger partial charge on any atom is -0.356 e. The highest BCUT2D eigenvalue weighted by Crippen LogP contribution is 2.09. The normalized spacial score (nSPS) is 19.9. The lowest BCUT2D eigenvalue weighted by Crippen LogP contribution is -2.32. The summed E-state index contributed by atoms with van der Waals surface area (Å²) in [6.07, 6.45) is 3.91. The van der Waals surface area contributed by atoms with Gasteiger partial charge in [-0.25, -0.2) is 0 Å². The average molecular weight is 238 g/mol. The molecule has 0 aromatic carbocycles. The lowest BCUT2D eigenvalue weighted by atomic mass is 10.1. The Balaban J connectivity index is 1.60. The highest BCUT2D eigenvalue weighted by Gasteiger charge is 2.16. The van der Waals surface area contributed by atoms with E-state index in [9.17, 15) is 4.79 Å². The Morgan fingerprint density at radius 3 is 3.25 bits per heavy atom. The smallest absolute Gasteiger partial charge is 0.221 e. The molecule has 4 heteroatoms. The van der Waals surface area contributed by atoms with Gasteiger partial charge in [-0.15, -0.1) is 11.3 Å². The molecule has 1 aromatic rings. The first-order chi connectivity index (χ1) is 7.84. The van der Waals surface area contributed by atoms with Gasteiger partial charge in [0.1, 0.15) is 0 Å². The summed E-state index contributed by atoms with van der Waals surface area (Å²) in [5.74, 6) is 0.177. The zero-order valence-corrected chi connectivity index (χ0v) is 10.2. The number of carbonyl (C=O) groups excluding carboxylic acids is 1. The first-order valence-electron chi connectivity index (χ1n) is 5.87. The van der Waals surface area contributed by atoms with Crippen LogP contribution in [0.1, 0.15) is 24.1 Å². The Kier molecular flexibility index (Phi) is 4.36. The number of nitrogens with one attached hydrogen (secondary N) is 2. The molecule has 88 valence electrons. The number of amides is 1. The maximum absolute atomic E-state index is 11.6. The maximum Gasteiger partial charge on any atom is 0.221 e. The van der Waals surface area contributed by atoms with Crippen molar-refractivity contribution in [2.24, 2.45) is 0 Å². The summed E-state index contributed by atoms with van der Waals surface area (Å²) in [5, 5.41) is 8.38. The van der Waals surface area contributed by atoms with E-state index in [4.69, 9.17) is 0 Å². The Morgan fingerprint density at radius 2 is 2.56 bits per heavy atom. The van der Waals surface area contributed by atoms with E-state index in [1.165, 1.54) is 11.3 Å². The van der Waals surface area contributed by atoms with Gasteiger partial charge in [-0.3, -0.25) is 4.79 Å². The Labute approximate surface area is 100 Å². The van der Waals surface area contributed by atoms with Crippen molar-refractivity contribution in [3.05, 3.63) is 22.4 Å². The van der Waals surface area contributed by atoms with E-state index in [1.807, 2.05) is 6.07 Å². The standard InChI is InChI=1S/C12H18N2OS/c15-12(9-10-3-1-6-13-10)14-7-5-11-4-2-8-16-11/h2,4,8,10,13H,1,3,5-7,9H2,(H,14,15). The van der Waals surface area contributed by atoms with Gasteiger partial charge >= 0.3 is 0 Å². The molecule has 0 aliphatic carbocycles. The molecule has 1 unspecified atom stereocenters. The third-order valence-corrected chi connectivity index (χ3v) is 3.80. The van der Waals surface area contributed by atoms with Crippen LogP contribution in [0.2, 0.25) is 0 Å². The molecule has 1 atom stereocenters. The van der Waals surface area contributed by atoms with E-state index in [0.717, 1.165) is 25.9 Å². The number of carbonyl (C=O) groups is 1. The molecule has 2 N–H and O–H groups in total. The van der Waals surface area contributed by atoms with Gasteiger partial charge in [-0.2, -0.15) is 0 Å². The van der Waals surface area contributed by atoms with Gasteiger partial charge in [0.05, 0.1) is 0 Å². The molecule has 16 heavy (non-hydrogen) atoms. The molecular weight excluding hydrogens is 220 g/mol. The highest BCUT2D eigenvalue weighted by atomic mass is 32.1. The lowest BCUT2D eigenvalue weighted by molar-refractivity contribution is -0.121. The summed E-state index contributed by atoms with van der Waals surface area (Å²) in [4.78, 5) is 12.9. The van der Waals surface area contributed by atoms with Gasteiger partial charge in [-0.05, 0) is 37.3 Å². The average Bonchev–Trinajstić information content (AvgIpc) is 2.90. The molecule has 1 aliphatic rings. The third-order valence-electron chi connectivity index (χ3n) is 2.87. The van der Waals surface area contributed by atoms with Crippen molar-refractivity contribution in [2.75, 3.05) is 13.1 Å². The molecule has 1 amide bonds. The molecule has 1 aromatic heterocycles. The summed E-state index contributed by atoms with van der Waals surface area (Å²) >= 11 is 1.74. The van der Waals surface area contributed by atoms with E-state index >= 15 is 0 Å². The summed E-state index contributed by atoms with van der Waals surface area (Å²) in [7, 11) is 0. The van der Waals surface area contributed by atoms with E-state index in [2.05, 4.69) is 22.1 Å². The number of hydrogen-bond donors (Lipinski definition) is 2. The van der Waals surface area contributed by atoms with Crippen LogP contribution in [0, 0.1) is 0 Å². The van der Waals surface area contributed by atoms with Crippen molar-refractivity contribution >= 4 is 17.2 Å². The van der Waals surface area contributed by atoms with E-state index in [1.54, 1.807) is 11.3 Å². The van der Waals surface area contributed by atoms with Crippen molar-refractivity contribution in [1.29, 1.82) is 0 Å². The van der Waals surface area contributed by atoms with Gasteiger partial charge in [0, 0.05) is 23.9 Å². The van der Waals surface area contributed by atoms with Crippen LogP contribution in [-0.4, -0.2) is 25.0 Å². The molecule has 0 radical (unpaired) electrons. The molecule has 2 rings (SSSR count). The number of thiophene rings is 1. The van der Waals surface area contributed by atoms with Crippen molar-refractivity contribution in [3.8, 4) is 0 Å². The van der Waals surface area contributed by atoms with Crippen molar-refractivity contribution < 1.29 is 4.79 Å². The lowest BCUT2D eigenvalue weighted by Gasteiger charge is -2.09. The van der Waals surface area contributed by atoms with Gasteiger partial charge < -0.3 is 10.6 Å². The highest BCUT2D eigenvalue weighted by molar-refractivity contribution is 7.09. The second-order valence-corrected chi connectivity index (χ2v) is 5.21. The number of rotatable bonds is 5. The van der Waals surface area contributed by atoms with Gasteiger partial charge in [-0.1, -0.05) is 6.07 Å². The van der Waals surface area contributed by atoms with Crippen LogP contribution in [0.25, 0.3) is 0 Å². The van der Waals surface area contributed by atoms with Crippen LogP contribution < -0.4 is 10.6 Å². The first-order valence-corrected chi connectivity index (χ1v) is 6.75. The quantitative estimate of drug-likeness (QED) is 0.817. The van der Waals surface area contributed by atoms with Crippen molar-refractivity contribution in [2.45, 2.75) is 31.7 Å². The van der Waals surface area contributed by atoms with E-state index in [-0.39, 0.29) is 5.91 Å². The van der Waals surface area contributed by atoms with Crippen LogP contribution in [-0.2, 0) is 11.2 Å². The molecule has 2 heterocycles. The molecule has 0 saturated carbocycles. The number of hydrogen-bond acceptors (Lipinski definition) is 3. The molecule has 1 fully saturated rings. The zero-order valence-electron chi connectivity index (χ0n) is 9.37. The van der Waals surface area contributed by atoms with E-state index in [0.29, 0.717) is 12.5 Å². The van der Waals surface area contributed by atoms with Gasteiger partial charge in [0.25, 0.3) is 0 Å². The predicted molar refractivity (Wildman–Crippen MR) is 66.7 cm³/mol. The van der Waals surface area contributed by atoms with E-state index < -0.39 is 0 Å². The van der Waals surface area contributed by atoms with Crippen molar-refractivity contribution in [3.63, 3.8) is 0 Å². The SMILES string of the molecule is O=C(CC1CCCN1)NCCc1cccs1. The maximum atomic E-state index is 11.6. The summed E-state index contributed by atoms with van der Waals surface area (Å²) in [6, 6.07) is 4.56. The monoisotopic (exact) mass is 238 g/mol. The zero-order chi connectivity index (χ0) is 11.2. The summed E-state index contributed by atoms with van der Waals surface area (Å²) in [5.41, 5.74) is 0. The fourth-order valence-corrected chi connectivity index (χ4v) is 2.72. The van der Waals surface area contributed by atoms with Crippen LogP contribution >= 0.6 is 11.3 Å². The third kappa shape index (κ3) is 3.61. The van der Waals surface area contributed by atoms with Crippen LogP contribution in [0.15, 0.2) is 17.5 Å². The van der Waals surface area contributed by atoms with Gasteiger partial charge in [0.15, 0.2) is 0 Å². The molecule has 1 saturated heterocycles. The predicted octanol–water partition coefficient (Wildman–Crippen LogP) is 1.55. The first kappa shape index (κ1) is 11.6. The van der Waals surface area contributed by atoms with Crippen LogP contribution in [0.3, 0.4) is 0 Å². The molecular formula is C12H18N2OS. The fourth-order valence-electron chi connectivity index (χ4n) is 2.01. The van der Waals surface area contributed by atoms with Crippen LogP contribution in [0.4, 0.5) is 0 Å². The largest absolute Gasteiger partial charge is 0.356 e. The topological polar surface area (TPSA) is 41.1 Å². The Morgan fingerprint density at radius 1 is 1.62 bits per heavy atom. The second kappa shape index (κ2) is 6.01. The van der Waals surface area contributed by atoms with Gasteiger partial charge in [0.2, 0.25) is 5.91 Å². The summed E-state index contributed by atoms with van der Waals surface area (Å²) in [6.45, 7) is 1.82. The summed E-state index contributed by atoms with van der Waals surface area (Å²) < 4.78 is 0. The fraction of sp³-hybridized carbons (Fsp3) is 0.583. The van der Waals surface area contributed by atoms with Crippen LogP contribution in [0.5, 0.6) is 0 Å². The molecule has 0 spiro atoms. The molecule has 3 nitrogen and oxygen atoms in total.